The highest BCUT2D eigenvalue weighted by molar-refractivity contribution is 5.83. The van der Waals surface area contributed by atoms with E-state index in [0.29, 0.717) is 6.54 Å². The van der Waals surface area contributed by atoms with Crippen molar-refractivity contribution in [2.75, 3.05) is 20.6 Å². The van der Waals surface area contributed by atoms with Crippen LogP contribution in [0.1, 0.15) is 23.2 Å². The minimum absolute atomic E-state index is 0.183. The van der Waals surface area contributed by atoms with Crippen LogP contribution in [0.3, 0.4) is 0 Å². The van der Waals surface area contributed by atoms with Gasteiger partial charge >= 0.3 is 0 Å². The molecule has 23 heavy (non-hydrogen) atoms. The summed E-state index contributed by atoms with van der Waals surface area (Å²) in [6.45, 7) is 0.675. The van der Waals surface area contributed by atoms with Crippen molar-refractivity contribution in [3.8, 4) is 0 Å². The fraction of sp³-hybridized carbons (Fsp3) is 0.238. The first-order valence-electron chi connectivity index (χ1n) is 7.97. The fourth-order valence-electron chi connectivity index (χ4n) is 3.07. The third kappa shape index (κ3) is 3.59. The Kier molecular flexibility index (Phi) is 4.73. The Labute approximate surface area is 137 Å². The fourth-order valence-corrected chi connectivity index (χ4v) is 3.07. The van der Waals surface area contributed by atoms with Gasteiger partial charge in [-0.25, -0.2) is 4.39 Å². The predicted molar refractivity (Wildman–Crippen MR) is 95.5 cm³/mol. The first-order valence-corrected chi connectivity index (χ1v) is 7.97. The van der Waals surface area contributed by atoms with Gasteiger partial charge in [-0.1, -0.05) is 72.8 Å². The van der Waals surface area contributed by atoms with Gasteiger partial charge in [0.25, 0.3) is 0 Å². The van der Waals surface area contributed by atoms with Gasteiger partial charge in [-0.2, -0.15) is 0 Å². The van der Waals surface area contributed by atoms with Crippen molar-refractivity contribution < 1.29 is 4.39 Å². The van der Waals surface area contributed by atoms with Gasteiger partial charge in [0.1, 0.15) is 6.17 Å². The van der Waals surface area contributed by atoms with Gasteiger partial charge in [0.2, 0.25) is 0 Å². The van der Waals surface area contributed by atoms with Crippen LogP contribution in [0.5, 0.6) is 0 Å². The van der Waals surface area contributed by atoms with Crippen LogP contribution in [-0.4, -0.2) is 25.5 Å². The summed E-state index contributed by atoms with van der Waals surface area (Å²) in [4.78, 5) is 2.05. The van der Waals surface area contributed by atoms with Crippen LogP contribution >= 0.6 is 0 Å². The highest BCUT2D eigenvalue weighted by Crippen LogP contribution is 2.35. The Bertz CT molecular complexity index is 767. The molecule has 0 unspecified atom stereocenters. The van der Waals surface area contributed by atoms with Crippen molar-refractivity contribution in [1.29, 1.82) is 0 Å². The number of alkyl halides is 1. The van der Waals surface area contributed by atoms with E-state index in [4.69, 9.17) is 0 Å². The lowest BCUT2D eigenvalue weighted by Gasteiger charge is -2.25. The van der Waals surface area contributed by atoms with E-state index in [1.54, 1.807) is 0 Å². The van der Waals surface area contributed by atoms with E-state index >= 15 is 4.39 Å². The molecule has 3 aromatic rings. The van der Waals surface area contributed by atoms with E-state index in [2.05, 4.69) is 35.2 Å². The third-order valence-corrected chi connectivity index (χ3v) is 4.23. The molecular formula is C21H22FN. The van der Waals surface area contributed by atoms with E-state index < -0.39 is 6.17 Å². The van der Waals surface area contributed by atoms with E-state index in [1.807, 2.05) is 56.6 Å². The summed E-state index contributed by atoms with van der Waals surface area (Å²) in [6, 6.07) is 24.0. The number of hydrogen-bond acceptors (Lipinski definition) is 1. The standard InChI is InChI=1S/C21H22FN/c1-23(2)15-20(21(22)17-9-4-3-5-10-17)19-13-12-16-8-6-7-11-18(16)14-19/h3-14,20-21H,15H2,1-2H3/t20-,21+/m0/s1. The molecule has 0 aromatic heterocycles. The summed E-state index contributed by atoms with van der Waals surface area (Å²) in [6.07, 6.45) is -1.01. The molecule has 3 aromatic carbocycles. The molecule has 0 N–H and O–H groups in total. The second-order valence-electron chi connectivity index (χ2n) is 6.29. The Morgan fingerprint density at radius 2 is 1.43 bits per heavy atom. The highest BCUT2D eigenvalue weighted by Gasteiger charge is 2.25. The van der Waals surface area contributed by atoms with Crippen LogP contribution in [-0.2, 0) is 0 Å². The lowest BCUT2D eigenvalue weighted by molar-refractivity contribution is 0.240. The summed E-state index contributed by atoms with van der Waals surface area (Å²) in [5, 5.41) is 2.35. The van der Waals surface area contributed by atoms with E-state index in [1.165, 1.54) is 5.39 Å². The molecule has 0 radical (unpaired) electrons. The quantitative estimate of drug-likeness (QED) is 0.626. The monoisotopic (exact) mass is 307 g/mol. The summed E-state index contributed by atoms with van der Waals surface area (Å²) in [5.41, 5.74) is 1.79. The number of likely N-dealkylation sites (N-methyl/N-ethyl adjacent to an activating group) is 1. The van der Waals surface area contributed by atoms with Crippen LogP contribution in [0.15, 0.2) is 72.8 Å². The molecular weight excluding hydrogens is 285 g/mol. The van der Waals surface area contributed by atoms with E-state index in [-0.39, 0.29) is 5.92 Å². The molecule has 0 amide bonds. The number of halogens is 1. The first kappa shape index (κ1) is 15.7. The largest absolute Gasteiger partial charge is 0.309 e. The van der Waals surface area contributed by atoms with Crippen LogP contribution in [0.25, 0.3) is 10.8 Å². The minimum Gasteiger partial charge on any atom is -0.309 e. The number of benzene rings is 3. The lowest BCUT2D eigenvalue weighted by Crippen LogP contribution is -2.23. The van der Waals surface area contributed by atoms with Crippen molar-refractivity contribution in [3.63, 3.8) is 0 Å². The Morgan fingerprint density at radius 3 is 2.13 bits per heavy atom. The highest BCUT2D eigenvalue weighted by atomic mass is 19.1. The summed E-state index contributed by atoms with van der Waals surface area (Å²) >= 11 is 0. The zero-order chi connectivity index (χ0) is 16.2. The molecule has 3 rings (SSSR count). The summed E-state index contributed by atoms with van der Waals surface area (Å²) in [5.74, 6) is -0.183. The molecule has 0 saturated carbocycles. The SMILES string of the molecule is CN(C)C[C@@H](c1ccc2ccccc2c1)[C@H](F)c1ccccc1. The van der Waals surface area contributed by atoms with Crippen molar-refractivity contribution in [3.05, 3.63) is 83.9 Å². The Morgan fingerprint density at radius 1 is 0.783 bits per heavy atom. The maximum atomic E-state index is 15.2. The maximum absolute atomic E-state index is 15.2. The summed E-state index contributed by atoms with van der Waals surface area (Å²) in [7, 11) is 3.98. The van der Waals surface area contributed by atoms with Crippen LogP contribution < -0.4 is 0 Å². The Hall–Kier alpha value is -2.19. The van der Waals surface area contributed by atoms with Gasteiger partial charge in [-0.15, -0.1) is 0 Å². The predicted octanol–water partition coefficient (Wildman–Crippen LogP) is 5.20. The second-order valence-corrected chi connectivity index (χ2v) is 6.29. The number of hydrogen-bond donors (Lipinski definition) is 0. The van der Waals surface area contributed by atoms with E-state index in [9.17, 15) is 0 Å². The molecule has 2 atom stereocenters. The molecule has 0 spiro atoms. The topological polar surface area (TPSA) is 3.24 Å². The van der Waals surface area contributed by atoms with Gasteiger partial charge < -0.3 is 4.90 Å². The number of nitrogens with zero attached hydrogens (tertiary/aromatic N) is 1. The van der Waals surface area contributed by atoms with Gasteiger partial charge in [0.15, 0.2) is 0 Å². The zero-order valence-corrected chi connectivity index (χ0v) is 13.6. The number of rotatable bonds is 5. The van der Waals surface area contributed by atoms with Crippen molar-refractivity contribution >= 4 is 10.8 Å². The molecule has 2 heteroatoms. The average molecular weight is 307 g/mol. The van der Waals surface area contributed by atoms with Crippen molar-refractivity contribution in [1.82, 2.24) is 4.90 Å². The third-order valence-electron chi connectivity index (χ3n) is 4.23. The molecule has 0 aliphatic carbocycles. The van der Waals surface area contributed by atoms with Gasteiger partial charge in [0, 0.05) is 12.5 Å². The molecule has 0 aliphatic heterocycles. The van der Waals surface area contributed by atoms with Gasteiger partial charge in [0.05, 0.1) is 0 Å². The number of fused-ring (bicyclic) bond motifs is 1. The molecule has 0 bridgehead atoms. The van der Waals surface area contributed by atoms with E-state index in [0.717, 1.165) is 16.5 Å². The van der Waals surface area contributed by atoms with Crippen LogP contribution in [0.4, 0.5) is 4.39 Å². The maximum Gasteiger partial charge on any atom is 0.133 e. The average Bonchev–Trinajstić information content (AvgIpc) is 2.59. The molecule has 0 fully saturated rings. The summed E-state index contributed by atoms with van der Waals surface area (Å²) < 4.78 is 15.2. The molecule has 0 aliphatic rings. The smallest absolute Gasteiger partial charge is 0.133 e. The second kappa shape index (κ2) is 6.93. The molecule has 0 saturated heterocycles. The molecule has 118 valence electrons. The van der Waals surface area contributed by atoms with Crippen LogP contribution in [0.2, 0.25) is 0 Å². The van der Waals surface area contributed by atoms with Crippen molar-refractivity contribution in [2.24, 2.45) is 0 Å². The lowest BCUT2D eigenvalue weighted by atomic mass is 9.88. The zero-order valence-electron chi connectivity index (χ0n) is 13.6. The minimum atomic E-state index is -1.01. The first-order chi connectivity index (χ1) is 11.1. The molecule has 0 heterocycles. The van der Waals surface area contributed by atoms with Gasteiger partial charge in [-0.3, -0.25) is 0 Å². The Balaban J connectivity index is 2.00. The van der Waals surface area contributed by atoms with Crippen molar-refractivity contribution in [2.45, 2.75) is 12.1 Å². The molecule has 1 nitrogen and oxygen atoms in total. The van der Waals surface area contributed by atoms with Crippen LogP contribution in [0, 0.1) is 0 Å². The normalized spacial score (nSPS) is 14.1. The van der Waals surface area contributed by atoms with Gasteiger partial charge in [-0.05, 0) is 36.0 Å².